The van der Waals surface area contributed by atoms with Gasteiger partial charge in [0, 0.05) is 36.6 Å². The van der Waals surface area contributed by atoms with Crippen molar-refractivity contribution in [3.05, 3.63) is 33.9 Å². The van der Waals surface area contributed by atoms with Crippen LogP contribution in [0.5, 0.6) is 0 Å². The number of anilines is 1. The number of piperazine rings is 1. The lowest BCUT2D eigenvalue weighted by Crippen LogP contribution is -2.44. The molecule has 0 saturated carbocycles. The van der Waals surface area contributed by atoms with Gasteiger partial charge in [-0.2, -0.15) is 0 Å². The summed E-state index contributed by atoms with van der Waals surface area (Å²) < 4.78 is 0. The zero-order valence-electron chi connectivity index (χ0n) is 11.2. The lowest BCUT2D eigenvalue weighted by molar-refractivity contribution is 0.100. The Balaban J connectivity index is 2.28. The Labute approximate surface area is 132 Å². The van der Waals surface area contributed by atoms with E-state index in [1.54, 1.807) is 18.2 Å². The first-order valence-electron chi connectivity index (χ1n) is 6.62. The quantitative estimate of drug-likeness (QED) is 0.829. The van der Waals surface area contributed by atoms with E-state index in [1.165, 1.54) is 0 Å². The highest BCUT2D eigenvalue weighted by Gasteiger charge is 2.24. The summed E-state index contributed by atoms with van der Waals surface area (Å²) in [5, 5.41) is 4.71. The van der Waals surface area contributed by atoms with Crippen LogP contribution in [-0.4, -0.2) is 37.1 Å². The lowest BCUT2D eigenvalue weighted by Gasteiger charge is -2.31. The fourth-order valence-corrected chi connectivity index (χ4v) is 3.10. The van der Waals surface area contributed by atoms with Crippen molar-refractivity contribution in [1.82, 2.24) is 10.3 Å². The van der Waals surface area contributed by atoms with E-state index < -0.39 is 5.91 Å². The van der Waals surface area contributed by atoms with Crippen LogP contribution in [0.15, 0.2) is 18.2 Å². The van der Waals surface area contributed by atoms with Crippen molar-refractivity contribution in [2.45, 2.75) is 0 Å². The number of halogens is 2. The molecule has 21 heavy (non-hydrogen) atoms. The average Bonchev–Trinajstić information content (AvgIpc) is 2.47. The normalized spacial score (nSPS) is 15.4. The topological polar surface area (TPSA) is 71.2 Å². The molecule has 1 amide bonds. The molecule has 1 fully saturated rings. The molecule has 1 saturated heterocycles. The molecule has 0 spiro atoms. The highest BCUT2D eigenvalue weighted by Crippen LogP contribution is 2.35. The van der Waals surface area contributed by atoms with E-state index >= 15 is 0 Å². The van der Waals surface area contributed by atoms with Crippen LogP contribution < -0.4 is 16.0 Å². The van der Waals surface area contributed by atoms with Crippen LogP contribution >= 0.6 is 23.2 Å². The number of fused-ring (bicyclic) bond motifs is 1. The number of nitrogens with zero attached hydrogens (tertiary/aromatic N) is 2. The number of primary amides is 1. The Kier molecular flexibility index (Phi) is 3.89. The van der Waals surface area contributed by atoms with Gasteiger partial charge >= 0.3 is 0 Å². The van der Waals surface area contributed by atoms with Crippen molar-refractivity contribution in [1.29, 1.82) is 0 Å². The molecule has 3 N–H and O–H groups in total. The van der Waals surface area contributed by atoms with E-state index in [9.17, 15) is 4.79 Å². The van der Waals surface area contributed by atoms with Gasteiger partial charge in [-0.1, -0.05) is 23.2 Å². The van der Waals surface area contributed by atoms with Gasteiger partial charge in [0.15, 0.2) is 5.15 Å². The maximum atomic E-state index is 12.0. The molecule has 110 valence electrons. The number of carbonyl (C=O) groups is 1. The van der Waals surface area contributed by atoms with Gasteiger partial charge in [-0.05, 0) is 18.2 Å². The molecule has 1 aromatic carbocycles. The van der Waals surface area contributed by atoms with Gasteiger partial charge in [0.25, 0.3) is 5.91 Å². The molecule has 2 heterocycles. The van der Waals surface area contributed by atoms with Crippen LogP contribution in [0, 0.1) is 0 Å². The second kappa shape index (κ2) is 5.67. The molecule has 2 aromatic rings. The number of nitrogens with one attached hydrogen (secondary N) is 1. The molecule has 3 rings (SSSR count). The summed E-state index contributed by atoms with van der Waals surface area (Å²) in [6, 6.07) is 5.14. The van der Waals surface area contributed by atoms with Gasteiger partial charge in [0.1, 0.15) is 0 Å². The number of hydrogen-bond acceptors (Lipinski definition) is 4. The van der Waals surface area contributed by atoms with E-state index in [1.807, 2.05) is 4.90 Å². The first-order valence-corrected chi connectivity index (χ1v) is 7.38. The van der Waals surface area contributed by atoms with E-state index in [0.29, 0.717) is 32.3 Å². The summed E-state index contributed by atoms with van der Waals surface area (Å²) in [4.78, 5) is 18.4. The van der Waals surface area contributed by atoms with Gasteiger partial charge in [-0.15, -0.1) is 0 Å². The predicted octanol–water partition coefficient (Wildman–Crippen LogP) is 2.05. The Morgan fingerprint density at radius 3 is 2.67 bits per heavy atom. The van der Waals surface area contributed by atoms with Crippen LogP contribution in [0.3, 0.4) is 0 Å². The molecule has 0 bridgehead atoms. The number of carbonyl (C=O) groups excluding carboxylic acids is 1. The highest BCUT2D eigenvalue weighted by atomic mass is 35.5. The van der Waals surface area contributed by atoms with Crippen molar-refractivity contribution in [2.75, 3.05) is 31.1 Å². The van der Waals surface area contributed by atoms with Crippen molar-refractivity contribution in [3.63, 3.8) is 0 Å². The predicted molar refractivity (Wildman–Crippen MR) is 85.4 cm³/mol. The Hall–Kier alpha value is -1.56. The zero-order chi connectivity index (χ0) is 15.0. The lowest BCUT2D eigenvalue weighted by atomic mass is 10.1. The number of benzene rings is 1. The van der Waals surface area contributed by atoms with E-state index in [2.05, 4.69) is 10.3 Å². The van der Waals surface area contributed by atoms with Crippen LogP contribution in [0.25, 0.3) is 10.9 Å². The highest BCUT2D eigenvalue weighted by molar-refractivity contribution is 6.35. The first kappa shape index (κ1) is 14.4. The summed E-state index contributed by atoms with van der Waals surface area (Å²) in [6.07, 6.45) is 0. The molecule has 5 nitrogen and oxygen atoms in total. The fraction of sp³-hybridized carbons (Fsp3) is 0.286. The largest absolute Gasteiger partial charge is 0.366 e. The molecule has 1 aromatic heterocycles. The molecular weight excluding hydrogens is 311 g/mol. The number of nitrogens with two attached hydrogens (primary N) is 1. The summed E-state index contributed by atoms with van der Waals surface area (Å²) in [5.41, 5.74) is 7.19. The standard InChI is InChI=1S/C14H14Cl2N4O/c15-8-1-2-10-9(7-8)11(14(17)21)12(13(16)19-10)20-5-3-18-4-6-20/h1-2,7,18H,3-6H2,(H2,17,21). The first-order chi connectivity index (χ1) is 10.1. The number of amides is 1. The van der Waals surface area contributed by atoms with Crippen LogP contribution in [0.2, 0.25) is 10.2 Å². The average molecular weight is 325 g/mol. The van der Waals surface area contributed by atoms with Gasteiger partial charge in [-0.3, -0.25) is 4.79 Å². The summed E-state index contributed by atoms with van der Waals surface area (Å²) >= 11 is 12.3. The molecule has 0 radical (unpaired) electrons. The summed E-state index contributed by atoms with van der Waals surface area (Å²) in [7, 11) is 0. The molecule has 7 heteroatoms. The summed E-state index contributed by atoms with van der Waals surface area (Å²) in [5.74, 6) is -0.528. The second-order valence-corrected chi connectivity index (χ2v) is 5.68. The third kappa shape index (κ3) is 2.64. The third-order valence-corrected chi connectivity index (χ3v) is 4.06. The SMILES string of the molecule is NC(=O)c1c(N2CCNCC2)c(Cl)nc2ccc(Cl)cc12. The Bertz CT molecular complexity index is 714. The van der Waals surface area contributed by atoms with E-state index in [4.69, 9.17) is 28.9 Å². The minimum atomic E-state index is -0.528. The van der Waals surface area contributed by atoms with E-state index in [-0.39, 0.29) is 0 Å². The van der Waals surface area contributed by atoms with Crippen LogP contribution in [0.1, 0.15) is 10.4 Å². The fourth-order valence-electron chi connectivity index (χ4n) is 2.62. The number of hydrogen-bond donors (Lipinski definition) is 2. The molecule has 0 aliphatic carbocycles. The maximum Gasteiger partial charge on any atom is 0.251 e. The van der Waals surface area contributed by atoms with Crippen LogP contribution in [0.4, 0.5) is 5.69 Å². The molecule has 1 aliphatic heterocycles. The Morgan fingerprint density at radius 1 is 1.29 bits per heavy atom. The number of rotatable bonds is 2. The van der Waals surface area contributed by atoms with Crippen molar-refractivity contribution in [3.8, 4) is 0 Å². The van der Waals surface area contributed by atoms with Crippen LogP contribution in [-0.2, 0) is 0 Å². The van der Waals surface area contributed by atoms with Gasteiger partial charge in [-0.25, -0.2) is 4.98 Å². The minimum Gasteiger partial charge on any atom is -0.366 e. The third-order valence-electron chi connectivity index (χ3n) is 3.56. The van der Waals surface area contributed by atoms with Crippen molar-refractivity contribution < 1.29 is 4.79 Å². The summed E-state index contributed by atoms with van der Waals surface area (Å²) in [6.45, 7) is 3.13. The monoisotopic (exact) mass is 324 g/mol. The smallest absolute Gasteiger partial charge is 0.251 e. The number of aromatic nitrogens is 1. The van der Waals surface area contributed by atoms with Gasteiger partial charge in [0.05, 0.1) is 16.8 Å². The second-order valence-electron chi connectivity index (χ2n) is 4.89. The zero-order valence-corrected chi connectivity index (χ0v) is 12.7. The van der Waals surface area contributed by atoms with E-state index in [0.717, 1.165) is 26.2 Å². The molecule has 0 unspecified atom stereocenters. The molecule has 0 atom stereocenters. The maximum absolute atomic E-state index is 12.0. The van der Waals surface area contributed by atoms with Gasteiger partial charge in [0.2, 0.25) is 0 Å². The Morgan fingerprint density at radius 2 is 2.00 bits per heavy atom. The van der Waals surface area contributed by atoms with Crippen molar-refractivity contribution in [2.24, 2.45) is 5.73 Å². The van der Waals surface area contributed by atoms with Gasteiger partial charge < -0.3 is 16.0 Å². The number of pyridine rings is 1. The molecular formula is C14H14Cl2N4O. The molecule has 1 aliphatic rings. The van der Waals surface area contributed by atoms with Crippen molar-refractivity contribution >= 4 is 45.7 Å². The minimum absolute atomic E-state index is 0.292.